The maximum absolute atomic E-state index is 8.94. The van der Waals surface area contributed by atoms with E-state index in [1.54, 1.807) is 6.33 Å². The van der Waals surface area contributed by atoms with E-state index >= 15 is 0 Å². The molecule has 0 aliphatic carbocycles. The van der Waals surface area contributed by atoms with Gasteiger partial charge in [0.1, 0.15) is 11.3 Å². The number of rotatable bonds is 4. The molecule has 0 atom stereocenters. The van der Waals surface area contributed by atoms with E-state index in [4.69, 9.17) is 9.63 Å². The summed E-state index contributed by atoms with van der Waals surface area (Å²) in [5, 5.41) is 15.9. The molecule has 3 aromatic heterocycles. The summed E-state index contributed by atoms with van der Waals surface area (Å²) in [5.74, 6) is 1.75. The van der Waals surface area contributed by atoms with E-state index < -0.39 is 0 Å². The molecule has 0 saturated carbocycles. The van der Waals surface area contributed by atoms with Crippen LogP contribution in [0.2, 0.25) is 0 Å². The fraction of sp³-hybridized carbons (Fsp3) is 0.333. The molecule has 0 saturated heterocycles. The quantitative estimate of drug-likeness (QED) is 0.651. The smallest absolute Gasteiger partial charge is 0.183 e. The Balaban J connectivity index is 2.17. The van der Waals surface area contributed by atoms with Crippen molar-refractivity contribution in [3.8, 4) is 11.4 Å². The number of aryl methyl sites for hydroxylation is 2. The molecule has 8 nitrogen and oxygen atoms in total. The van der Waals surface area contributed by atoms with Crippen molar-refractivity contribution in [2.24, 2.45) is 0 Å². The first-order valence-electron chi connectivity index (χ1n) is 6.19. The lowest BCUT2D eigenvalue weighted by molar-refractivity contribution is 0.311. The molecule has 0 aromatic carbocycles. The minimum Gasteiger partial charge on any atom is -0.395 e. The first-order valence-corrected chi connectivity index (χ1v) is 6.19. The second kappa shape index (κ2) is 4.89. The number of imidazole rings is 1. The van der Waals surface area contributed by atoms with E-state index in [1.807, 2.05) is 13.8 Å². The molecule has 3 heterocycles. The Morgan fingerprint density at radius 2 is 2.20 bits per heavy atom. The Bertz CT molecular complexity index is 728. The van der Waals surface area contributed by atoms with Crippen LogP contribution in [-0.2, 0) is 0 Å². The van der Waals surface area contributed by atoms with Crippen LogP contribution in [0.25, 0.3) is 22.6 Å². The molecule has 8 heteroatoms. The molecule has 3 aromatic rings. The average Bonchev–Trinajstić information content (AvgIpc) is 3.02. The summed E-state index contributed by atoms with van der Waals surface area (Å²) >= 11 is 0. The van der Waals surface area contributed by atoms with Gasteiger partial charge < -0.3 is 19.9 Å². The van der Waals surface area contributed by atoms with Crippen LogP contribution in [0.1, 0.15) is 11.5 Å². The number of aliphatic hydroxyl groups excluding tert-OH is 1. The van der Waals surface area contributed by atoms with Gasteiger partial charge in [-0.1, -0.05) is 5.16 Å². The van der Waals surface area contributed by atoms with E-state index in [0.717, 1.165) is 11.3 Å². The molecule has 0 spiro atoms. The van der Waals surface area contributed by atoms with Gasteiger partial charge in [0.15, 0.2) is 17.3 Å². The summed E-state index contributed by atoms with van der Waals surface area (Å²) in [6, 6.07) is 0. The molecule has 104 valence electrons. The molecule has 0 amide bonds. The molecule has 0 aliphatic rings. The SMILES string of the molecule is Cc1noc(C)c1-c1nc(NCCO)c2[nH]cnc2n1. The van der Waals surface area contributed by atoms with E-state index in [-0.39, 0.29) is 6.61 Å². The predicted octanol–water partition coefficient (Wildman–Crippen LogP) is 1.03. The summed E-state index contributed by atoms with van der Waals surface area (Å²) in [6.45, 7) is 4.06. The molecule has 0 fully saturated rings. The van der Waals surface area contributed by atoms with Gasteiger partial charge in [-0.25, -0.2) is 15.0 Å². The van der Waals surface area contributed by atoms with Gasteiger partial charge in [0.05, 0.1) is 24.2 Å². The van der Waals surface area contributed by atoms with Gasteiger partial charge in [-0.05, 0) is 13.8 Å². The van der Waals surface area contributed by atoms with Gasteiger partial charge in [0, 0.05) is 6.54 Å². The minimum atomic E-state index is 0.0142. The fourth-order valence-corrected chi connectivity index (χ4v) is 2.05. The van der Waals surface area contributed by atoms with E-state index in [2.05, 4.69) is 30.4 Å². The Kier molecular flexibility index (Phi) is 3.07. The molecular weight excluding hydrogens is 260 g/mol. The van der Waals surface area contributed by atoms with Crippen LogP contribution in [0.3, 0.4) is 0 Å². The van der Waals surface area contributed by atoms with Gasteiger partial charge >= 0.3 is 0 Å². The largest absolute Gasteiger partial charge is 0.395 e. The highest BCUT2D eigenvalue weighted by Crippen LogP contribution is 2.27. The van der Waals surface area contributed by atoms with Gasteiger partial charge in [-0.3, -0.25) is 0 Å². The molecule has 20 heavy (non-hydrogen) atoms. The maximum Gasteiger partial charge on any atom is 0.183 e. The lowest BCUT2D eigenvalue weighted by atomic mass is 10.2. The molecule has 0 aliphatic heterocycles. The first kappa shape index (κ1) is 12.5. The van der Waals surface area contributed by atoms with Crippen LogP contribution in [-0.4, -0.2) is 43.4 Å². The Morgan fingerprint density at radius 3 is 2.90 bits per heavy atom. The average molecular weight is 274 g/mol. The molecule has 3 rings (SSSR count). The standard InChI is InChI=1S/C12H14N6O2/c1-6-8(7(2)20-18-6)10-16-11(13-3-4-19)9-12(17-10)15-5-14-9/h5,19H,3-4H2,1-2H3,(H2,13,14,15,16,17). The summed E-state index contributed by atoms with van der Waals surface area (Å²) in [7, 11) is 0. The molecule has 0 unspecified atom stereocenters. The lowest BCUT2D eigenvalue weighted by Gasteiger charge is -2.06. The van der Waals surface area contributed by atoms with Crippen LogP contribution >= 0.6 is 0 Å². The van der Waals surface area contributed by atoms with Crippen molar-refractivity contribution in [2.75, 3.05) is 18.5 Å². The number of hydrogen-bond acceptors (Lipinski definition) is 7. The fourth-order valence-electron chi connectivity index (χ4n) is 2.05. The normalized spacial score (nSPS) is 11.2. The number of aromatic amines is 1. The zero-order valence-corrected chi connectivity index (χ0v) is 11.1. The van der Waals surface area contributed by atoms with E-state index in [1.165, 1.54) is 0 Å². The molecule has 0 radical (unpaired) electrons. The topological polar surface area (TPSA) is 113 Å². The third-order valence-corrected chi connectivity index (χ3v) is 2.95. The Morgan fingerprint density at radius 1 is 1.35 bits per heavy atom. The molecule has 3 N–H and O–H groups in total. The van der Waals surface area contributed by atoms with Crippen molar-refractivity contribution in [3.05, 3.63) is 17.8 Å². The zero-order valence-electron chi connectivity index (χ0n) is 11.1. The van der Waals surface area contributed by atoms with Crippen molar-refractivity contribution in [2.45, 2.75) is 13.8 Å². The van der Waals surface area contributed by atoms with Crippen molar-refractivity contribution in [1.29, 1.82) is 0 Å². The number of aromatic nitrogens is 5. The van der Waals surface area contributed by atoms with Gasteiger partial charge in [0.2, 0.25) is 0 Å². The van der Waals surface area contributed by atoms with Crippen LogP contribution < -0.4 is 5.32 Å². The number of hydrogen-bond donors (Lipinski definition) is 3. The molecule has 0 bridgehead atoms. The third-order valence-electron chi connectivity index (χ3n) is 2.95. The summed E-state index contributed by atoms with van der Waals surface area (Å²) < 4.78 is 5.15. The van der Waals surface area contributed by atoms with Crippen molar-refractivity contribution in [1.82, 2.24) is 25.1 Å². The highest BCUT2D eigenvalue weighted by Gasteiger charge is 2.17. The zero-order chi connectivity index (χ0) is 14.1. The number of nitrogens with one attached hydrogen (secondary N) is 2. The van der Waals surface area contributed by atoms with Crippen LogP contribution in [0, 0.1) is 13.8 Å². The first-order chi connectivity index (χ1) is 9.70. The van der Waals surface area contributed by atoms with Gasteiger partial charge in [-0.15, -0.1) is 0 Å². The number of H-pyrrole nitrogens is 1. The third kappa shape index (κ3) is 1.99. The van der Waals surface area contributed by atoms with E-state index in [0.29, 0.717) is 35.1 Å². The summed E-state index contributed by atoms with van der Waals surface area (Å²) in [4.78, 5) is 16.0. The van der Waals surface area contributed by atoms with Gasteiger partial charge in [-0.2, -0.15) is 0 Å². The van der Waals surface area contributed by atoms with Crippen LogP contribution in [0.15, 0.2) is 10.9 Å². The highest BCUT2D eigenvalue weighted by molar-refractivity contribution is 5.84. The minimum absolute atomic E-state index is 0.0142. The number of aliphatic hydroxyl groups is 1. The number of fused-ring (bicyclic) bond motifs is 1. The van der Waals surface area contributed by atoms with Crippen LogP contribution in [0.5, 0.6) is 0 Å². The number of nitrogens with zero attached hydrogens (tertiary/aromatic N) is 4. The Hall–Kier alpha value is -2.48. The predicted molar refractivity (Wildman–Crippen MR) is 72.2 cm³/mol. The Labute approximate surface area is 114 Å². The second-order valence-electron chi connectivity index (χ2n) is 4.35. The van der Waals surface area contributed by atoms with Crippen LogP contribution in [0.4, 0.5) is 5.82 Å². The van der Waals surface area contributed by atoms with E-state index in [9.17, 15) is 0 Å². The van der Waals surface area contributed by atoms with Crippen molar-refractivity contribution < 1.29 is 9.63 Å². The molecular formula is C12H14N6O2. The van der Waals surface area contributed by atoms with Gasteiger partial charge in [0.25, 0.3) is 0 Å². The second-order valence-corrected chi connectivity index (χ2v) is 4.35. The lowest BCUT2D eigenvalue weighted by Crippen LogP contribution is -2.08. The van der Waals surface area contributed by atoms with Crippen molar-refractivity contribution >= 4 is 17.0 Å². The maximum atomic E-state index is 8.94. The van der Waals surface area contributed by atoms with Crippen molar-refractivity contribution in [3.63, 3.8) is 0 Å². The summed E-state index contributed by atoms with van der Waals surface area (Å²) in [6.07, 6.45) is 1.56. The monoisotopic (exact) mass is 274 g/mol. The number of anilines is 1. The highest BCUT2D eigenvalue weighted by atomic mass is 16.5. The summed E-state index contributed by atoms with van der Waals surface area (Å²) in [5.41, 5.74) is 2.75.